The first-order valence-corrected chi connectivity index (χ1v) is 2.66. The smallest absolute Gasteiger partial charge is 0.109 e. The van der Waals surface area contributed by atoms with Gasteiger partial charge >= 0.3 is 0 Å². The van der Waals surface area contributed by atoms with Gasteiger partial charge in [0, 0.05) is 24.2 Å². The molecule has 2 nitrogen and oxygen atoms in total. The van der Waals surface area contributed by atoms with Crippen molar-refractivity contribution in [2.75, 3.05) is 6.67 Å². The highest BCUT2D eigenvalue weighted by Gasteiger charge is 2.04. The summed E-state index contributed by atoms with van der Waals surface area (Å²) in [6, 6.07) is 0. The minimum atomic E-state index is 0.699. The first kappa shape index (κ1) is 5.51. The SMILES string of the molecule is C=CN1C=CN(Cl)C1. The molecule has 0 unspecified atom stereocenters. The summed E-state index contributed by atoms with van der Waals surface area (Å²) in [5.41, 5.74) is 0. The van der Waals surface area contributed by atoms with Gasteiger partial charge in [-0.25, -0.2) is 0 Å². The van der Waals surface area contributed by atoms with Gasteiger partial charge in [0.15, 0.2) is 0 Å². The highest BCUT2D eigenvalue weighted by Crippen LogP contribution is 2.07. The largest absolute Gasteiger partial charge is 0.334 e. The van der Waals surface area contributed by atoms with Crippen molar-refractivity contribution in [3.05, 3.63) is 25.2 Å². The van der Waals surface area contributed by atoms with Gasteiger partial charge in [0.1, 0.15) is 6.67 Å². The summed E-state index contributed by atoms with van der Waals surface area (Å²) in [6.07, 6.45) is 5.36. The van der Waals surface area contributed by atoms with Crippen molar-refractivity contribution in [1.82, 2.24) is 9.32 Å². The van der Waals surface area contributed by atoms with Crippen molar-refractivity contribution >= 4 is 11.8 Å². The summed E-state index contributed by atoms with van der Waals surface area (Å²) in [5, 5.41) is 0. The van der Waals surface area contributed by atoms with Gasteiger partial charge in [0.25, 0.3) is 0 Å². The van der Waals surface area contributed by atoms with E-state index in [0.29, 0.717) is 6.67 Å². The Morgan fingerprint density at radius 1 is 1.62 bits per heavy atom. The van der Waals surface area contributed by atoms with Crippen LogP contribution in [0.2, 0.25) is 0 Å². The summed E-state index contributed by atoms with van der Waals surface area (Å²) in [7, 11) is 0. The minimum Gasteiger partial charge on any atom is -0.334 e. The maximum absolute atomic E-state index is 5.54. The lowest BCUT2D eigenvalue weighted by molar-refractivity contribution is 0.439. The molecule has 0 radical (unpaired) electrons. The maximum atomic E-state index is 5.54. The van der Waals surface area contributed by atoms with Crippen molar-refractivity contribution in [2.24, 2.45) is 0 Å². The van der Waals surface area contributed by atoms with Crippen LogP contribution in [-0.2, 0) is 0 Å². The molecular weight excluding hydrogens is 124 g/mol. The minimum absolute atomic E-state index is 0.699. The third-order valence-electron chi connectivity index (χ3n) is 0.953. The van der Waals surface area contributed by atoms with Crippen molar-refractivity contribution in [3.8, 4) is 0 Å². The zero-order chi connectivity index (χ0) is 5.98. The predicted octanol–water partition coefficient (Wildman–Crippen LogP) is 1.33. The molecule has 0 spiro atoms. The van der Waals surface area contributed by atoms with Crippen LogP contribution < -0.4 is 0 Å². The fourth-order valence-corrected chi connectivity index (χ4v) is 0.701. The molecule has 3 heteroatoms. The normalized spacial score (nSPS) is 17.6. The van der Waals surface area contributed by atoms with Gasteiger partial charge in [-0.1, -0.05) is 6.58 Å². The second-order valence-electron chi connectivity index (χ2n) is 1.54. The molecule has 1 aliphatic rings. The Bertz CT molecular complexity index is 122. The second kappa shape index (κ2) is 2.09. The molecule has 0 aliphatic carbocycles. The van der Waals surface area contributed by atoms with E-state index in [1.165, 1.54) is 0 Å². The molecule has 44 valence electrons. The first-order chi connectivity index (χ1) is 3.83. The Hall–Kier alpha value is -0.630. The molecule has 0 saturated carbocycles. The van der Waals surface area contributed by atoms with E-state index in [2.05, 4.69) is 6.58 Å². The van der Waals surface area contributed by atoms with E-state index in [-0.39, 0.29) is 0 Å². The summed E-state index contributed by atoms with van der Waals surface area (Å²) in [5.74, 6) is 0. The summed E-state index contributed by atoms with van der Waals surface area (Å²) >= 11 is 5.54. The second-order valence-corrected chi connectivity index (χ2v) is 1.97. The molecule has 1 heterocycles. The Balaban J connectivity index is 2.45. The quantitative estimate of drug-likeness (QED) is 0.494. The molecular formula is C5H7ClN2. The van der Waals surface area contributed by atoms with Gasteiger partial charge in [-0.2, -0.15) is 0 Å². The number of hydrogen-bond donors (Lipinski definition) is 0. The zero-order valence-corrected chi connectivity index (χ0v) is 5.17. The van der Waals surface area contributed by atoms with Crippen LogP contribution in [0, 0.1) is 0 Å². The molecule has 0 N–H and O–H groups in total. The van der Waals surface area contributed by atoms with E-state index >= 15 is 0 Å². The Morgan fingerprint density at radius 3 is 2.62 bits per heavy atom. The van der Waals surface area contributed by atoms with E-state index in [4.69, 9.17) is 11.8 Å². The standard InChI is InChI=1S/C5H7ClN2/c1-2-7-3-4-8(6)5-7/h2-4H,1,5H2. The van der Waals surface area contributed by atoms with Crippen LogP contribution >= 0.6 is 11.8 Å². The predicted molar refractivity (Wildman–Crippen MR) is 33.7 cm³/mol. The van der Waals surface area contributed by atoms with Gasteiger partial charge in [0.2, 0.25) is 0 Å². The number of nitrogens with zero attached hydrogens (tertiary/aromatic N) is 2. The van der Waals surface area contributed by atoms with Crippen LogP contribution in [0.25, 0.3) is 0 Å². The molecule has 0 aromatic rings. The van der Waals surface area contributed by atoms with Crippen LogP contribution in [0.1, 0.15) is 0 Å². The molecule has 0 fully saturated rings. The van der Waals surface area contributed by atoms with Crippen LogP contribution in [-0.4, -0.2) is 16.0 Å². The van der Waals surface area contributed by atoms with Crippen molar-refractivity contribution in [2.45, 2.75) is 0 Å². The molecule has 1 rings (SSSR count). The van der Waals surface area contributed by atoms with E-state index in [1.54, 1.807) is 16.8 Å². The van der Waals surface area contributed by atoms with Crippen molar-refractivity contribution in [3.63, 3.8) is 0 Å². The van der Waals surface area contributed by atoms with Crippen molar-refractivity contribution < 1.29 is 0 Å². The fourth-order valence-electron chi connectivity index (χ4n) is 0.527. The molecule has 0 aromatic carbocycles. The van der Waals surface area contributed by atoms with Crippen molar-refractivity contribution in [1.29, 1.82) is 0 Å². The fraction of sp³-hybridized carbons (Fsp3) is 0.200. The number of rotatable bonds is 1. The van der Waals surface area contributed by atoms with Gasteiger partial charge < -0.3 is 4.90 Å². The van der Waals surface area contributed by atoms with E-state index < -0.39 is 0 Å². The van der Waals surface area contributed by atoms with E-state index in [9.17, 15) is 0 Å². The molecule has 1 aliphatic heterocycles. The van der Waals surface area contributed by atoms with Crippen LogP contribution in [0.15, 0.2) is 25.2 Å². The highest BCUT2D eigenvalue weighted by molar-refractivity contribution is 6.14. The monoisotopic (exact) mass is 130 g/mol. The number of hydrogen-bond acceptors (Lipinski definition) is 2. The van der Waals surface area contributed by atoms with E-state index in [0.717, 1.165) is 0 Å². The summed E-state index contributed by atoms with van der Waals surface area (Å²) in [6.45, 7) is 4.27. The number of halogens is 1. The lowest BCUT2D eigenvalue weighted by Crippen LogP contribution is -2.12. The van der Waals surface area contributed by atoms with Crippen LogP contribution in [0.3, 0.4) is 0 Å². The average Bonchev–Trinajstić information content (AvgIpc) is 2.14. The maximum Gasteiger partial charge on any atom is 0.109 e. The third kappa shape index (κ3) is 0.954. The third-order valence-corrected chi connectivity index (χ3v) is 1.17. The van der Waals surface area contributed by atoms with Gasteiger partial charge in [0.05, 0.1) is 0 Å². The van der Waals surface area contributed by atoms with Gasteiger partial charge in [-0.3, -0.25) is 4.42 Å². The Kier molecular flexibility index (Phi) is 1.44. The molecule has 0 saturated heterocycles. The van der Waals surface area contributed by atoms with E-state index in [1.807, 2.05) is 11.1 Å². The van der Waals surface area contributed by atoms with Gasteiger partial charge in [-0.05, 0) is 6.20 Å². The summed E-state index contributed by atoms with van der Waals surface area (Å²) < 4.78 is 1.56. The first-order valence-electron chi connectivity index (χ1n) is 2.32. The molecule has 8 heavy (non-hydrogen) atoms. The summed E-state index contributed by atoms with van der Waals surface area (Å²) in [4.78, 5) is 1.88. The Labute approximate surface area is 53.7 Å². The Morgan fingerprint density at radius 2 is 2.38 bits per heavy atom. The molecule has 0 bridgehead atoms. The topological polar surface area (TPSA) is 6.48 Å². The zero-order valence-electron chi connectivity index (χ0n) is 4.42. The lowest BCUT2D eigenvalue weighted by Gasteiger charge is -2.09. The highest BCUT2D eigenvalue weighted by atomic mass is 35.5. The molecule has 0 amide bonds. The lowest BCUT2D eigenvalue weighted by atomic mass is 10.8. The van der Waals surface area contributed by atoms with Crippen LogP contribution in [0.4, 0.5) is 0 Å². The molecule has 0 atom stereocenters. The molecule has 0 aromatic heterocycles. The van der Waals surface area contributed by atoms with Crippen LogP contribution in [0.5, 0.6) is 0 Å². The van der Waals surface area contributed by atoms with Gasteiger partial charge in [-0.15, -0.1) is 0 Å². The average molecular weight is 131 g/mol.